The van der Waals surface area contributed by atoms with Gasteiger partial charge in [-0.3, -0.25) is 9.59 Å². The van der Waals surface area contributed by atoms with Crippen molar-refractivity contribution in [3.63, 3.8) is 0 Å². The third-order valence-electron chi connectivity index (χ3n) is 8.58. The molecule has 27 heavy (non-hydrogen) atoms. The fraction of sp³-hybridized carbons (Fsp3) is 0.739. The largest absolute Gasteiger partial charge is 0.461 e. The number of hydrogen-bond acceptors (Lipinski definition) is 4. The molecule has 0 radical (unpaired) electrons. The van der Waals surface area contributed by atoms with E-state index in [2.05, 4.69) is 33.9 Å². The summed E-state index contributed by atoms with van der Waals surface area (Å²) >= 11 is 0. The molecule has 8 atom stereocenters. The second-order valence-electron chi connectivity index (χ2n) is 9.87. The molecular formula is C23H34O4. The topological polar surface area (TPSA) is 63.6 Å². The van der Waals surface area contributed by atoms with Crippen molar-refractivity contribution < 1.29 is 19.4 Å². The fourth-order valence-corrected chi connectivity index (χ4v) is 6.68. The molecule has 0 amide bonds. The van der Waals surface area contributed by atoms with Crippen LogP contribution in [0, 0.1) is 34.0 Å². The van der Waals surface area contributed by atoms with Crippen molar-refractivity contribution in [3.8, 4) is 0 Å². The van der Waals surface area contributed by atoms with E-state index in [4.69, 9.17) is 4.74 Å². The number of rotatable bonds is 2. The van der Waals surface area contributed by atoms with Gasteiger partial charge in [0.05, 0.1) is 6.10 Å². The standard InChI is InChI=1S/C23H34O4/c1-8-21(6)12-17(25)22(7)14(3)9-10-23(11-13(2)18(26)19(22)23)15(4)20(21)27-16(5)24/h8,14-15,17,19-20,25H,1-2,9-12H2,3-7H3/t14-,15+,17-,19+,20+,21-,22+,23+/m1/s1. The summed E-state index contributed by atoms with van der Waals surface area (Å²) < 4.78 is 5.86. The summed E-state index contributed by atoms with van der Waals surface area (Å²) in [6.07, 6.45) is 3.60. The molecule has 2 bridgehead atoms. The summed E-state index contributed by atoms with van der Waals surface area (Å²) in [6.45, 7) is 17.9. The number of ketones is 1. The molecular weight excluding hydrogens is 340 g/mol. The zero-order chi connectivity index (χ0) is 20.4. The van der Waals surface area contributed by atoms with E-state index in [9.17, 15) is 14.7 Å². The number of allylic oxidation sites excluding steroid dienone is 1. The van der Waals surface area contributed by atoms with Crippen LogP contribution in [0.5, 0.6) is 0 Å². The highest BCUT2D eigenvalue weighted by molar-refractivity contribution is 6.00. The highest BCUT2D eigenvalue weighted by Crippen LogP contribution is 2.68. The molecule has 0 saturated heterocycles. The predicted molar refractivity (Wildman–Crippen MR) is 105 cm³/mol. The molecule has 0 spiro atoms. The molecule has 4 heteroatoms. The highest BCUT2D eigenvalue weighted by atomic mass is 16.5. The monoisotopic (exact) mass is 374 g/mol. The maximum absolute atomic E-state index is 13.3. The van der Waals surface area contributed by atoms with Crippen molar-refractivity contribution in [1.82, 2.24) is 0 Å². The van der Waals surface area contributed by atoms with E-state index in [0.29, 0.717) is 18.4 Å². The van der Waals surface area contributed by atoms with Crippen LogP contribution in [0.15, 0.2) is 24.8 Å². The van der Waals surface area contributed by atoms with E-state index < -0.39 is 23.0 Å². The van der Waals surface area contributed by atoms with Gasteiger partial charge in [0.2, 0.25) is 0 Å². The van der Waals surface area contributed by atoms with Gasteiger partial charge in [0, 0.05) is 29.6 Å². The first kappa shape index (κ1) is 20.3. The summed E-state index contributed by atoms with van der Waals surface area (Å²) in [4.78, 5) is 25.2. The van der Waals surface area contributed by atoms with E-state index in [1.54, 1.807) is 0 Å². The summed E-state index contributed by atoms with van der Waals surface area (Å²) in [5.41, 5.74) is -0.758. The average Bonchev–Trinajstić information content (AvgIpc) is 2.87. The van der Waals surface area contributed by atoms with Crippen molar-refractivity contribution in [1.29, 1.82) is 0 Å². The molecule has 3 aliphatic rings. The van der Waals surface area contributed by atoms with E-state index >= 15 is 0 Å². The molecule has 0 heterocycles. The van der Waals surface area contributed by atoms with Crippen LogP contribution in [0.4, 0.5) is 0 Å². The predicted octanol–water partition coefficient (Wildman–Crippen LogP) is 4.08. The van der Waals surface area contributed by atoms with Crippen molar-refractivity contribution in [3.05, 3.63) is 24.8 Å². The van der Waals surface area contributed by atoms with Crippen LogP contribution in [0.2, 0.25) is 0 Å². The van der Waals surface area contributed by atoms with Gasteiger partial charge in [0.1, 0.15) is 6.10 Å². The van der Waals surface area contributed by atoms with Crippen LogP contribution in [0.25, 0.3) is 0 Å². The maximum atomic E-state index is 13.3. The quantitative estimate of drug-likeness (QED) is 0.449. The minimum atomic E-state index is -0.680. The van der Waals surface area contributed by atoms with E-state index in [0.717, 1.165) is 12.8 Å². The Balaban J connectivity index is 2.25. The van der Waals surface area contributed by atoms with E-state index in [-0.39, 0.29) is 34.9 Å². The lowest BCUT2D eigenvalue weighted by Gasteiger charge is -2.61. The third-order valence-corrected chi connectivity index (χ3v) is 8.58. The summed E-state index contributed by atoms with van der Waals surface area (Å²) in [6, 6.07) is 0. The Labute approximate surface area is 163 Å². The highest BCUT2D eigenvalue weighted by Gasteiger charge is 2.68. The van der Waals surface area contributed by atoms with Crippen LogP contribution in [-0.4, -0.2) is 29.1 Å². The lowest BCUT2D eigenvalue weighted by atomic mass is 9.44. The summed E-state index contributed by atoms with van der Waals surface area (Å²) in [5.74, 6) is -0.320. The van der Waals surface area contributed by atoms with Gasteiger partial charge in [-0.15, -0.1) is 6.58 Å². The molecule has 0 aromatic heterocycles. The fourth-order valence-electron chi connectivity index (χ4n) is 6.68. The number of ether oxygens (including phenoxy) is 1. The Kier molecular flexibility index (Phi) is 4.74. The normalized spacial score (nSPS) is 49.8. The van der Waals surface area contributed by atoms with Gasteiger partial charge in [-0.1, -0.05) is 40.3 Å². The molecule has 1 N–H and O–H groups in total. The Morgan fingerprint density at radius 1 is 1.33 bits per heavy atom. The molecule has 150 valence electrons. The molecule has 3 rings (SSSR count). The van der Waals surface area contributed by atoms with Gasteiger partial charge in [-0.25, -0.2) is 0 Å². The summed E-state index contributed by atoms with van der Waals surface area (Å²) in [5, 5.41) is 11.4. The van der Waals surface area contributed by atoms with Crippen molar-refractivity contribution >= 4 is 11.8 Å². The van der Waals surface area contributed by atoms with Crippen molar-refractivity contribution in [2.45, 2.75) is 72.5 Å². The smallest absolute Gasteiger partial charge is 0.302 e. The minimum absolute atomic E-state index is 0.0306. The SMILES string of the molecule is C=C[C@]1(C)C[C@@H](O)[C@]2(C)[C@H](C)CC[C@]3(CC(=C)C(=O)[C@H]32)[C@@H](C)[C@@H]1OC(C)=O. The number of aliphatic hydroxyl groups is 1. The number of carbonyl (C=O) groups is 2. The second-order valence-corrected chi connectivity index (χ2v) is 9.87. The summed E-state index contributed by atoms with van der Waals surface area (Å²) in [7, 11) is 0. The van der Waals surface area contributed by atoms with Crippen LogP contribution < -0.4 is 0 Å². The molecule has 0 aromatic rings. The zero-order valence-corrected chi connectivity index (χ0v) is 17.4. The Hall–Kier alpha value is -1.42. The van der Waals surface area contributed by atoms with Crippen LogP contribution in [0.3, 0.4) is 0 Å². The van der Waals surface area contributed by atoms with Gasteiger partial charge in [-0.2, -0.15) is 0 Å². The molecule has 0 unspecified atom stereocenters. The number of esters is 1. The molecule has 3 saturated carbocycles. The average molecular weight is 375 g/mol. The van der Waals surface area contributed by atoms with E-state index in [1.807, 2.05) is 13.0 Å². The van der Waals surface area contributed by atoms with E-state index in [1.165, 1.54) is 6.92 Å². The van der Waals surface area contributed by atoms with Crippen molar-refractivity contribution in [2.24, 2.45) is 34.0 Å². The number of carbonyl (C=O) groups excluding carboxylic acids is 2. The Morgan fingerprint density at radius 2 is 1.96 bits per heavy atom. The van der Waals surface area contributed by atoms with Crippen LogP contribution in [0.1, 0.15) is 60.3 Å². The molecule has 0 aliphatic heterocycles. The Morgan fingerprint density at radius 3 is 2.52 bits per heavy atom. The molecule has 0 aromatic carbocycles. The van der Waals surface area contributed by atoms with Gasteiger partial charge in [-0.05, 0) is 42.6 Å². The first-order valence-corrected chi connectivity index (χ1v) is 10.1. The van der Waals surface area contributed by atoms with Gasteiger partial charge in [0.15, 0.2) is 5.78 Å². The van der Waals surface area contributed by atoms with Gasteiger partial charge >= 0.3 is 5.97 Å². The Bertz CT molecular complexity index is 696. The maximum Gasteiger partial charge on any atom is 0.302 e. The molecule has 3 fully saturated rings. The lowest BCUT2D eigenvalue weighted by molar-refractivity contribution is -0.202. The van der Waals surface area contributed by atoms with Crippen molar-refractivity contribution in [2.75, 3.05) is 0 Å². The lowest BCUT2D eigenvalue weighted by Crippen LogP contribution is -2.62. The zero-order valence-electron chi connectivity index (χ0n) is 17.4. The first-order valence-electron chi connectivity index (χ1n) is 10.1. The number of Topliss-reactive ketones (excluding diaryl/α,β-unsaturated/α-hetero) is 1. The third kappa shape index (κ3) is 2.59. The number of hydrogen-bond donors (Lipinski definition) is 1. The molecule has 4 nitrogen and oxygen atoms in total. The number of aliphatic hydroxyl groups excluding tert-OH is 1. The minimum Gasteiger partial charge on any atom is -0.461 e. The second kappa shape index (κ2) is 6.30. The van der Waals surface area contributed by atoms with Gasteiger partial charge in [0.25, 0.3) is 0 Å². The molecule has 3 aliphatic carbocycles. The van der Waals surface area contributed by atoms with Crippen LogP contribution >= 0.6 is 0 Å². The first-order chi connectivity index (χ1) is 12.4. The van der Waals surface area contributed by atoms with Crippen LogP contribution in [-0.2, 0) is 14.3 Å². The van der Waals surface area contributed by atoms with Gasteiger partial charge < -0.3 is 9.84 Å².